The van der Waals surface area contributed by atoms with E-state index >= 15 is 0 Å². The summed E-state index contributed by atoms with van der Waals surface area (Å²) >= 11 is 0. The molecule has 1 saturated carbocycles. The number of nitrogens with zero attached hydrogens (tertiary/aromatic N) is 2. The second kappa shape index (κ2) is 3.81. The smallest absolute Gasteiger partial charge is 0.223 e. The molecule has 0 saturated heterocycles. The molecule has 1 fully saturated rings. The maximum absolute atomic E-state index is 5.64. The largest absolute Gasteiger partial charge is 0.373 e. The molecule has 1 aromatic rings. The molecule has 0 bridgehead atoms. The average Bonchev–Trinajstić information content (AvgIpc) is 2.98. The van der Waals surface area contributed by atoms with Crippen molar-refractivity contribution in [3.8, 4) is 0 Å². The van der Waals surface area contributed by atoms with Crippen LogP contribution in [0.2, 0.25) is 0 Å². The molecule has 88 valence electrons. The molecule has 16 heavy (non-hydrogen) atoms. The molecule has 0 atom stereocenters. The Morgan fingerprint density at radius 1 is 1.31 bits per heavy atom. The van der Waals surface area contributed by atoms with E-state index in [0.29, 0.717) is 5.95 Å². The van der Waals surface area contributed by atoms with Gasteiger partial charge in [-0.25, -0.2) is 0 Å². The SMILES string of the molecule is CNc1cc(NC(C)(C)C2CC2)nc(N)n1. The van der Waals surface area contributed by atoms with E-state index < -0.39 is 0 Å². The molecule has 0 unspecified atom stereocenters. The second-order valence-corrected chi connectivity index (χ2v) is 4.87. The normalized spacial score (nSPS) is 15.9. The minimum atomic E-state index is 0.0752. The molecule has 5 heteroatoms. The molecule has 0 radical (unpaired) electrons. The Hall–Kier alpha value is -1.52. The first kappa shape index (κ1) is 11.0. The Balaban J connectivity index is 2.16. The molecule has 2 rings (SSSR count). The van der Waals surface area contributed by atoms with Gasteiger partial charge in [-0.3, -0.25) is 0 Å². The summed E-state index contributed by atoms with van der Waals surface area (Å²) in [6.07, 6.45) is 2.58. The van der Waals surface area contributed by atoms with E-state index in [9.17, 15) is 0 Å². The number of rotatable bonds is 4. The lowest BCUT2D eigenvalue weighted by atomic mass is 9.99. The fourth-order valence-corrected chi connectivity index (χ4v) is 1.90. The highest BCUT2D eigenvalue weighted by atomic mass is 15.1. The third-order valence-corrected chi connectivity index (χ3v) is 3.05. The first-order valence-corrected chi connectivity index (χ1v) is 5.62. The number of nitrogen functional groups attached to an aromatic ring is 1. The van der Waals surface area contributed by atoms with Gasteiger partial charge in [0.2, 0.25) is 5.95 Å². The van der Waals surface area contributed by atoms with Crippen molar-refractivity contribution in [2.45, 2.75) is 32.2 Å². The first-order valence-electron chi connectivity index (χ1n) is 5.62. The van der Waals surface area contributed by atoms with Gasteiger partial charge in [0.15, 0.2) is 0 Å². The highest BCUT2D eigenvalue weighted by molar-refractivity contribution is 5.51. The summed E-state index contributed by atoms with van der Waals surface area (Å²) in [5.41, 5.74) is 5.72. The predicted octanol–water partition coefficient (Wildman–Crippen LogP) is 1.70. The van der Waals surface area contributed by atoms with Crippen molar-refractivity contribution >= 4 is 17.6 Å². The molecule has 0 spiro atoms. The van der Waals surface area contributed by atoms with Crippen molar-refractivity contribution in [1.29, 1.82) is 0 Å². The van der Waals surface area contributed by atoms with Crippen molar-refractivity contribution in [2.75, 3.05) is 23.4 Å². The Morgan fingerprint density at radius 2 is 1.94 bits per heavy atom. The molecule has 1 aromatic heterocycles. The molecule has 0 aromatic carbocycles. The van der Waals surface area contributed by atoms with Gasteiger partial charge < -0.3 is 16.4 Å². The number of hydrogen-bond donors (Lipinski definition) is 3. The van der Waals surface area contributed by atoms with Crippen LogP contribution in [0.4, 0.5) is 17.6 Å². The standard InChI is InChI=1S/C11H19N5/c1-11(2,7-4-5-7)16-9-6-8(13-3)14-10(12)15-9/h6-7H,4-5H2,1-3H3,(H4,12,13,14,15,16). The molecule has 4 N–H and O–H groups in total. The number of nitrogens with one attached hydrogen (secondary N) is 2. The molecule has 1 aliphatic carbocycles. The first-order chi connectivity index (χ1) is 7.51. The van der Waals surface area contributed by atoms with E-state index in [4.69, 9.17) is 5.73 Å². The van der Waals surface area contributed by atoms with Gasteiger partial charge in [-0.15, -0.1) is 0 Å². The molecular weight excluding hydrogens is 202 g/mol. The van der Waals surface area contributed by atoms with Crippen LogP contribution >= 0.6 is 0 Å². The fourth-order valence-electron chi connectivity index (χ4n) is 1.90. The van der Waals surface area contributed by atoms with Crippen molar-refractivity contribution in [3.05, 3.63) is 6.07 Å². The molecule has 5 nitrogen and oxygen atoms in total. The zero-order chi connectivity index (χ0) is 11.8. The van der Waals surface area contributed by atoms with Crippen LogP contribution in [0.15, 0.2) is 6.07 Å². The zero-order valence-corrected chi connectivity index (χ0v) is 10.0. The topological polar surface area (TPSA) is 75.9 Å². The Bertz CT molecular complexity index is 384. The summed E-state index contributed by atoms with van der Waals surface area (Å²) in [7, 11) is 1.82. The van der Waals surface area contributed by atoms with Gasteiger partial charge >= 0.3 is 0 Å². The summed E-state index contributed by atoms with van der Waals surface area (Å²) in [6, 6.07) is 1.88. The van der Waals surface area contributed by atoms with E-state index in [1.807, 2.05) is 13.1 Å². The molecule has 0 aliphatic heterocycles. The Morgan fingerprint density at radius 3 is 2.50 bits per heavy atom. The third-order valence-electron chi connectivity index (χ3n) is 3.05. The van der Waals surface area contributed by atoms with Crippen molar-refractivity contribution in [1.82, 2.24) is 9.97 Å². The van der Waals surface area contributed by atoms with Crippen LogP contribution in [0, 0.1) is 5.92 Å². The fraction of sp³-hybridized carbons (Fsp3) is 0.636. The van der Waals surface area contributed by atoms with Crippen LogP contribution in [-0.2, 0) is 0 Å². The lowest BCUT2D eigenvalue weighted by molar-refractivity contribution is 0.492. The van der Waals surface area contributed by atoms with Gasteiger partial charge in [0, 0.05) is 18.7 Å². The maximum Gasteiger partial charge on any atom is 0.223 e. The van der Waals surface area contributed by atoms with E-state index in [0.717, 1.165) is 17.6 Å². The van der Waals surface area contributed by atoms with Gasteiger partial charge in [0.25, 0.3) is 0 Å². The van der Waals surface area contributed by atoms with E-state index in [2.05, 4.69) is 34.4 Å². The second-order valence-electron chi connectivity index (χ2n) is 4.87. The summed E-state index contributed by atoms with van der Waals surface area (Å²) in [6.45, 7) is 4.39. The average molecular weight is 221 g/mol. The summed E-state index contributed by atoms with van der Waals surface area (Å²) in [5, 5.41) is 6.39. The van der Waals surface area contributed by atoms with E-state index in [-0.39, 0.29) is 5.54 Å². The third kappa shape index (κ3) is 2.35. The van der Waals surface area contributed by atoms with Gasteiger partial charge in [-0.1, -0.05) is 0 Å². The number of hydrogen-bond acceptors (Lipinski definition) is 5. The van der Waals surface area contributed by atoms with Gasteiger partial charge in [-0.2, -0.15) is 9.97 Å². The van der Waals surface area contributed by atoms with Crippen molar-refractivity contribution < 1.29 is 0 Å². The molecular formula is C11H19N5. The lowest BCUT2D eigenvalue weighted by Crippen LogP contribution is -2.33. The lowest BCUT2D eigenvalue weighted by Gasteiger charge is -2.27. The highest BCUT2D eigenvalue weighted by Gasteiger charge is 2.37. The molecule has 1 heterocycles. The van der Waals surface area contributed by atoms with Crippen LogP contribution in [-0.4, -0.2) is 22.6 Å². The zero-order valence-electron chi connectivity index (χ0n) is 10.0. The number of anilines is 3. The van der Waals surface area contributed by atoms with E-state index in [1.165, 1.54) is 12.8 Å². The van der Waals surface area contributed by atoms with Crippen molar-refractivity contribution in [3.63, 3.8) is 0 Å². The van der Waals surface area contributed by atoms with E-state index in [1.54, 1.807) is 0 Å². The highest BCUT2D eigenvalue weighted by Crippen LogP contribution is 2.40. The Labute approximate surface area is 95.9 Å². The monoisotopic (exact) mass is 221 g/mol. The number of aromatic nitrogens is 2. The summed E-state index contributed by atoms with van der Waals surface area (Å²) < 4.78 is 0. The number of nitrogens with two attached hydrogens (primary N) is 1. The van der Waals surface area contributed by atoms with Crippen LogP contribution < -0.4 is 16.4 Å². The van der Waals surface area contributed by atoms with Gasteiger partial charge in [-0.05, 0) is 32.6 Å². The summed E-state index contributed by atoms with van der Waals surface area (Å²) in [4.78, 5) is 8.25. The quantitative estimate of drug-likeness (QED) is 0.721. The molecule has 1 aliphatic rings. The Kier molecular flexibility index (Phi) is 2.61. The maximum atomic E-state index is 5.64. The van der Waals surface area contributed by atoms with Crippen molar-refractivity contribution in [2.24, 2.45) is 5.92 Å². The molecule has 0 amide bonds. The minimum absolute atomic E-state index is 0.0752. The van der Waals surface area contributed by atoms with Crippen LogP contribution in [0.3, 0.4) is 0 Å². The van der Waals surface area contributed by atoms with Crippen LogP contribution in [0.1, 0.15) is 26.7 Å². The predicted molar refractivity (Wildman–Crippen MR) is 66.4 cm³/mol. The van der Waals surface area contributed by atoms with Gasteiger partial charge in [0.05, 0.1) is 0 Å². The van der Waals surface area contributed by atoms with Crippen LogP contribution in [0.25, 0.3) is 0 Å². The van der Waals surface area contributed by atoms with Gasteiger partial charge in [0.1, 0.15) is 11.6 Å². The van der Waals surface area contributed by atoms with Crippen LogP contribution in [0.5, 0.6) is 0 Å². The summed E-state index contributed by atoms with van der Waals surface area (Å²) in [5.74, 6) is 2.55. The minimum Gasteiger partial charge on any atom is -0.373 e.